The molecular weight excluding hydrogens is 224 g/mol. The molecule has 0 spiro atoms. The molecule has 1 atom stereocenters. The van der Waals surface area contributed by atoms with Crippen molar-refractivity contribution in [2.24, 2.45) is 0 Å². The Balaban J connectivity index is 2.55. The summed E-state index contributed by atoms with van der Waals surface area (Å²) in [5, 5.41) is 11.7. The topological polar surface area (TPSA) is 91.8 Å². The molecular formula is C10H14N4OS. The van der Waals surface area contributed by atoms with Crippen LogP contribution in [0.15, 0.2) is 12.1 Å². The average Bonchev–Trinajstić information content (AvgIpc) is 2.31. The van der Waals surface area contributed by atoms with E-state index in [1.807, 2.05) is 13.0 Å². The third-order valence-corrected chi connectivity index (χ3v) is 3.29. The summed E-state index contributed by atoms with van der Waals surface area (Å²) in [6.07, 6.45) is 0. The fourth-order valence-corrected chi connectivity index (χ4v) is 1.71. The van der Waals surface area contributed by atoms with Gasteiger partial charge in [0.1, 0.15) is 11.9 Å². The SMILES string of the molecule is CCS(=O)CCNc1ccc(N)c(C#N)n1. The Hall–Kier alpha value is -1.61. The summed E-state index contributed by atoms with van der Waals surface area (Å²) in [5.74, 6) is 1.81. The molecule has 0 aliphatic carbocycles. The van der Waals surface area contributed by atoms with Crippen molar-refractivity contribution < 1.29 is 4.21 Å². The number of rotatable bonds is 5. The highest BCUT2D eigenvalue weighted by molar-refractivity contribution is 7.84. The van der Waals surface area contributed by atoms with Crippen molar-refractivity contribution in [1.82, 2.24) is 4.98 Å². The molecule has 0 bridgehead atoms. The molecule has 1 unspecified atom stereocenters. The molecule has 1 aromatic rings. The van der Waals surface area contributed by atoms with E-state index in [1.165, 1.54) is 0 Å². The van der Waals surface area contributed by atoms with E-state index in [0.717, 1.165) is 0 Å². The predicted molar refractivity (Wildman–Crippen MR) is 65.4 cm³/mol. The van der Waals surface area contributed by atoms with Gasteiger partial charge in [-0.25, -0.2) is 4.98 Å². The Bertz CT molecular complexity index is 427. The van der Waals surface area contributed by atoms with E-state index in [1.54, 1.807) is 12.1 Å². The van der Waals surface area contributed by atoms with Crippen LogP contribution in [0.5, 0.6) is 0 Å². The number of anilines is 2. The zero-order chi connectivity index (χ0) is 12.0. The van der Waals surface area contributed by atoms with Crippen LogP contribution in [0.25, 0.3) is 0 Å². The quantitative estimate of drug-likeness (QED) is 0.788. The first-order valence-corrected chi connectivity index (χ1v) is 6.41. The van der Waals surface area contributed by atoms with Gasteiger partial charge in [0.25, 0.3) is 0 Å². The number of nitrogens with one attached hydrogen (secondary N) is 1. The lowest BCUT2D eigenvalue weighted by molar-refractivity contribution is 0.684. The molecule has 1 aromatic heterocycles. The molecule has 86 valence electrons. The monoisotopic (exact) mass is 238 g/mol. The molecule has 16 heavy (non-hydrogen) atoms. The Labute approximate surface area is 97.1 Å². The highest BCUT2D eigenvalue weighted by Crippen LogP contribution is 2.11. The van der Waals surface area contributed by atoms with Crippen molar-refractivity contribution in [3.05, 3.63) is 17.8 Å². The van der Waals surface area contributed by atoms with E-state index in [2.05, 4.69) is 10.3 Å². The van der Waals surface area contributed by atoms with Gasteiger partial charge < -0.3 is 11.1 Å². The predicted octanol–water partition coefficient (Wildman–Crippen LogP) is 0.716. The molecule has 0 aliphatic rings. The molecule has 0 saturated heterocycles. The fraction of sp³-hybridized carbons (Fsp3) is 0.400. The lowest BCUT2D eigenvalue weighted by atomic mass is 10.3. The Morgan fingerprint density at radius 2 is 2.38 bits per heavy atom. The third kappa shape index (κ3) is 3.51. The molecule has 5 nitrogen and oxygen atoms in total. The fourth-order valence-electron chi connectivity index (χ4n) is 1.10. The molecule has 1 rings (SSSR count). The highest BCUT2D eigenvalue weighted by atomic mass is 32.2. The minimum absolute atomic E-state index is 0.210. The lowest BCUT2D eigenvalue weighted by Crippen LogP contribution is -2.13. The standard InChI is InChI=1S/C10H14N4OS/c1-2-16(15)6-5-13-10-4-3-8(12)9(7-11)14-10/h3-4H,2,5-6,12H2,1H3,(H,13,14). The Kier molecular flexibility index (Phi) is 4.73. The summed E-state index contributed by atoms with van der Waals surface area (Å²) in [6.45, 7) is 2.45. The Morgan fingerprint density at radius 3 is 3.00 bits per heavy atom. The zero-order valence-electron chi connectivity index (χ0n) is 9.06. The molecule has 0 aromatic carbocycles. The van der Waals surface area contributed by atoms with Gasteiger partial charge in [-0.1, -0.05) is 6.92 Å². The summed E-state index contributed by atoms with van der Waals surface area (Å²) < 4.78 is 11.2. The van der Waals surface area contributed by atoms with Gasteiger partial charge in [0.2, 0.25) is 0 Å². The molecule has 0 amide bonds. The van der Waals surface area contributed by atoms with Crippen molar-refractivity contribution in [3.8, 4) is 6.07 Å². The summed E-state index contributed by atoms with van der Waals surface area (Å²) in [5.41, 5.74) is 6.11. The van der Waals surface area contributed by atoms with Crippen LogP contribution in [0.2, 0.25) is 0 Å². The first kappa shape index (κ1) is 12.5. The normalized spacial score (nSPS) is 11.8. The van der Waals surface area contributed by atoms with E-state index in [4.69, 9.17) is 11.0 Å². The van der Waals surface area contributed by atoms with Gasteiger partial charge in [-0.2, -0.15) is 5.26 Å². The minimum atomic E-state index is -0.792. The van der Waals surface area contributed by atoms with Crippen LogP contribution >= 0.6 is 0 Å². The number of nitrogen functional groups attached to an aromatic ring is 1. The van der Waals surface area contributed by atoms with Crippen LogP contribution in [-0.2, 0) is 10.8 Å². The van der Waals surface area contributed by atoms with Crippen LogP contribution in [-0.4, -0.2) is 27.2 Å². The van der Waals surface area contributed by atoms with Crippen LogP contribution in [0, 0.1) is 11.3 Å². The maximum Gasteiger partial charge on any atom is 0.165 e. The first-order valence-electron chi connectivity index (χ1n) is 4.92. The molecule has 6 heteroatoms. The summed E-state index contributed by atoms with van der Waals surface area (Å²) in [6, 6.07) is 5.24. The van der Waals surface area contributed by atoms with E-state index in [-0.39, 0.29) is 5.69 Å². The van der Waals surface area contributed by atoms with Gasteiger partial charge >= 0.3 is 0 Å². The van der Waals surface area contributed by atoms with E-state index in [9.17, 15) is 4.21 Å². The lowest BCUT2D eigenvalue weighted by Gasteiger charge is -2.05. The van der Waals surface area contributed by atoms with Gasteiger partial charge in [-0.05, 0) is 12.1 Å². The Morgan fingerprint density at radius 1 is 1.62 bits per heavy atom. The molecule has 0 fully saturated rings. The molecule has 0 aliphatic heterocycles. The van der Waals surface area contributed by atoms with Crippen LogP contribution in [0.1, 0.15) is 12.6 Å². The van der Waals surface area contributed by atoms with E-state index < -0.39 is 10.8 Å². The zero-order valence-corrected chi connectivity index (χ0v) is 9.88. The van der Waals surface area contributed by atoms with Gasteiger partial charge in [0, 0.05) is 28.9 Å². The second kappa shape index (κ2) is 6.08. The van der Waals surface area contributed by atoms with Crippen LogP contribution < -0.4 is 11.1 Å². The summed E-state index contributed by atoms with van der Waals surface area (Å²) in [7, 11) is -0.792. The van der Waals surface area contributed by atoms with Crippen molar-refractivity contribution >= 4 is 22.3 Å². The molecule has 3 N–H and O–H groups in total. The third-order valence-electron chi connectivity index (χ3n) is 1.99. The number of nitrogens with zero attached hydrogens (tertiary/aromatic N) is 2. The molecule has 1 heterocycles. The average molecular weight is 238 g/mol. The number of aromatic nitrogens is 1. The smallest absolute Gasteiger partial charge is 0.165 e. The highest BCUT2D eigenvalue weighted by Gasteiger charge is 2.02. The van der Waals surface area contributed by atoms with E-state index in [0.29, 0.717) is 29.6 Å². The molecule has 0 saturated carbocycles. The van der Waals surface area contributed by atoms with Crippen molar-refractivity contribution in [3.63, 3.8) is 0 Å². The second-order valence-electron chi connectivity index (χ2n) is 3.11. The van der Waals surface area contributed by atoms with Gasteiger partial charge in [-0.3, -0.25) is 4.21 Å². The molecule has 0 radical (unpaired) electrons. The number of hydrogen-bond acceptors (Lipinski definition) is 5. The van der Waals surface area contributed by atoms with Crippen molar-refractivity contribution in [2.45, 2.75) is 6.92 Å². The second-order valence-corrected chi connectivity index (χ2v) is 4.97. The maximum absolute atomic E-state index is 11.2. The van der Waals surface area contributed by atoms with Crippen LogP contribution in [0.3, 0.4) is 0 Å². The number of pyridine rings is 1. The summed E-state index contributed by atoms with van der Waals surface area (Å²) in [4.78, 5) is 4.02. The first-order chi connectivity index (χ1) is 7.67. The van der Waals surface area contributed by atoms with Crippen molar-refractivity contribution in [2.75, 3.05) is 29.1 Å². The summed E-state index contributed by atoms with van der Waals surface area (Å²) >= 11 is 0. The van der Waals surface area contributed by atoms with Gasteiger partial charge in [-0.15, -0.1) is 0 Å². The number of hydrogen-bond donors (Lipinski definition) is 2. The minimum Gasteiger partial charge on any atom is -0.396 e. The maximum atomic E-state index is 11.2. The number of nitrogens with two attached hydrogens (primary N) is 1. The van der Waals surface area contributed by atoms with Crippen molar-refractivity contribution in [1.29, 1.82) is 5.26 Å². The van der Waals surface area contributed by atoms with E-state index >= 15 is 0 Å². The largest absolute Gasteiger partial charge is 0.396 e. The van der Waals surface area contributed by atoms with Gasteiger partial charge in [0.05, 0.1) is 5.69 Å². The number of nitriles is 1. The van der Waals surface area contributed by atoms with Crippen LogP contribution in [0.4, 0.5) is 11.5 Å². The van der Waals surface area contributed by atoms with Gasteiger partial charge in [0.15, 0.2) is 5.69 Å².